The normalized spacial score (nSPS) is 19.6. The summed E-state index contributed by atoms with van der Waals surface area (Å²) in [4.78, 5) is 10.8. The number of likely N-dealkylation sites (tertiary alicyclic amines) is 1. The maximum absolute atomic E-state index is 5.46. The van der Waals surface area contributed by atoms with Gasteiger partial charge in [-0.05, 0) is 38.9 Å². The minimum atomic E-state index is 0.693. The summed E-state index contributed by atoms with van der Waals surface area (Å²) >= 11 is 0. The van der Waals surface area contributed by atoms with Crippen LogP contribution in [-0.2, 0) is 0 Å². The van der Waals surface area contributed by atoms with Gasteiger partial charge in [-0.3, -0.25) is 0 Å². The van der Waals surface area contributed by atoms with E-state index >= 15 is 0 Å². The van der Waals surface area contributed by atoms with E-state index in [9.17, 15) is 0 Å². The molecule has 6 nitrogen and oxygen atoms in total. The number of nitrogens with one attached hydrogen (secondary N) is 2. The van der Waals surface area contributed by atoms with Crippen LogP contribution in [0.2, 0.25) is 0 Å². The lowest BCUT2D eigenvalue weighted by Gasteiger charge is -2.12. The van der Waals surface area contributed by atoms with Crippen LogP contribution < -0.4 is 16.4 Å². The van der Waals surface area contributed by atoms with Crippen LogP contribution in [0.3, 0.4) is 0 Å². The minimum Gasteiger partial charge on any atom is -0.370 e. The van der Waals surface area contributed by atoms with Crippen molar-refractivity contribution in [3.8, 4) is 0 Å². The van der Waals surface area contributed by atoms with Crippen molar-refractivity contribution in [3.63, 3.8) is 0 Å². The first-order valence-electron chi connectivity index (χ1n) is 6.96. The van der Waals surface area contributed by atoms with E-state index in [2.05, 4.69) is 32.5 Å². The molecule has 0 aliphatic carbocycles. The summed E-state index contributed by atoms with van der Waals surface area (Å²) in [5.74, 6) is 2.46. The topological polar surface area (TPSA) is 79.1 Å². The highest BCUT2D eigenvalue weighted by Crippen LogP contribution is 2.15. The summed E-state index contributed by atoms with van der Waals surface area (Å²) in [6.07, 6.45) is 3.80. The van der Waals surface area contributed by atoms with Gasteiger partial charge in [0.15, 0.2) is 0 Å². The predicted octanol–water partition coefficient (Wildman–Crippen LogP) is 0.601. The average Bonchev–Trinajstić information content (AvgIpc) is 2.83. The van der Waals surface area contributed by atoms with Gasteiger partial charge in [-0.25, -0.2) is 9.97 Å². The van der Waals surface area contributed by atoms with Crippen molar-refractivity contribution in [2.75, 3.05) is 50.4 Å². The molecule has 19 heavy (non-hydrogen) atoms. The summed E-state index contributed by atoms with van der Waals surface area (Å²) in [5.41, 5.74) is 5.46. The molecule has 106 valence electrons. The molecule has 2 heterocycles. The molecule has 0 radical (unpaired) electrons. The van der Waals surface area contributed by atoms with E-state index in [4.69, 9.17) is 5.73 Å². The molecule has 1 aliphatic rings. The Morgan fingerprint density at radius 3 is 2.84 bits per heavy atom. The summed E-state index contributed by atoms with van der Waals surface area (Å²) < 4.78 is 0. The van der Waals surface area contributed by atoms with E-state index in [-0.39, 0.29) is 0 Å². The molecule has 6 heteroatoms. The Bertz CT molecular complexity index is 383. The van der Waals surface area contributed by atoms with Gasteiger partial charge in [0.1, 0.15) is 18.0 Å². The monoisotopic (exact) mass is 264 g/mol. The zero-order chi connectivity index (χ0) is 13.5. The number of nitrogens with two attached hydrogens (primary N) is 1. The van der Waals surface area contributed by atoms with E-state index in [0.29, 0.717) is 12.5 Å². The predicted molar refractivity (Wildman–Crippen MR) is 78.3 cm³/mol. The molecule has 1 aromatic heterocycles. The molecule has 0 spiro atoms. The third-order valence-corrected chi connectivity index (χ3v) is 3.41. The van der Waals surface area contributed by atoms with E-state index in [1.165, 1.54) is 19.5 Å². The van der Waals surface area contributed by atoms with Gasteiger partial charge in [-0.1, -0.05) is 0 Å². The molecule has 0 saturated carbocycles. The Kier molecular flexibility index (Phi) is 5.35. The van der Waals surface area contributed by atoms with Crippen LogP contribution in [0.4, 0.5) is 11.6 Å². The number of anilines is 2. The fourth-order valence-corrected chi connectivity index (χ4v) is 2.31. The van der Waals surface area contributed by atoms with Crippen molar-refractivity contribution in [2.45, 2.75) is 12.8 Å². The molecule has 1 fully saturated rings. The number of nitrogens with zero attached hydrogens (tertiary/aromatic N) is 3. The van der Waals surface area contributed by atoms with Crippen LogP contribution in [0.25, 0.3) is 0 Å². The highest BCUT2D eigenvalue weighted by molar-refractivity contribution is 5.46. The molecule has 4 N–H and O–H groups in total. The van der Waals surface area contributed by atoms with E-state index in [0.717, 1.165) is 31.1 Å². The second-order valence-corrected chi connectivity index (χ2v) is 5.16. The van der Waals surface area contributed by atoms with Gasteiger partial charge in [0.2, 0.25) is 0 Å². The molecule has 1 aromatic rings. The average molecular weight is 264 g/mol. The first-order valence-corrected chi connectivity index (χ1v) is 6.96. The fraction of sp³-hybridized carbons (Fsp3) is 0.692. The van der Waals surface area contributed by atoms with Crippen LogP contribution in [-0.4, -0.2) is 54.6 Å². The molecule has 1 saturated heterocycles. The Morgan fingerprint density at radius 1 is 1.37 bits per heavy atom. The van der Waals surface area contributed by atoms with Crippen LogP contribution in [0.15, 0.2) is 12.4 Å². The largest absolute Gasteiger partial charge is 0.370 e. The van der Waals surface area contributed by atoms with Crippen LogP contribution in [0, 0.1) is 5.92 Å². The van der Waals surface area contributed by atoms with Gasteiger partial charge in [0.05, 0.1) is 0 Å². The van der Waals surface area contributed by atoms with Crippen molar-refractivity contribution in [1.29, 1.82) is 0 Å². The lowest BCUT2D eigenvalue weighted by molar-refractivity contribution is 0.399. The summed E-state index contributed by atoms with van der Waals surface area (Å²) in [6.45, 7) is 4.88. The zero-order valence-electron chi connectivity index (χ0n) is 11.6. The Balaban J connectivity index is 1.78. The fourth-order valence-electron chi connectivity index (χ4n) is 2.31. The molecule has 2 rings (SSSR count). The van der Waals surface area contributed by atoms with Gasteiger partial charge >= 0.3 is 0 Å². The molecule has 1 aliphatic heterocycles. The van der Waals surface area contributed by atoms with Crippen molar-refractivity contribution in [2.24, 2.45) is 11.7 Å². The first kappa shape index (κ1) is 14.0. The van der Waals surface area contributed by atoms with E-state index in [1.807, 2.05) is 6.07 Å². The van der Waals surface area contributed by atoms with Crippen molar-refractivity contribution >= 4 is 11.6 Å². The third-order valence-electron chi connectivity index (χ3n) is 3.41. The van der Waals surface area contributed by atoms with Crippen molar-refractivity contribution in [1.82, 2.24) is 14.9 Å². The maximum atomic E-state index is 5.46. The Morgan fingerprint density at radius 2 is 2.16 bits per heavy atom. The van der Waals surface area contributed by atoms with Gasteiger partial charge in [-0.15, -0.1) is 0 Å². The van der Waals surface area contributed by atoms with Crippen molar-refractivity contribution < 1.29 is 0 Å². The smallest absolute Gasteiger partial charge is 0.131 e. The highest BCUT2D eigenvalue weighted by atomic mass is 15.1. The standard InChI is InChI=1S/C13H24N6/c1-19-6-3-11(9-19)8-16-13-7-12(17-10-18-13)15-5-2-4-14/h7,10-11H,2-6,8-9,14H2,1H3,(H2,15,16,17,18). The molecule has 0 amide bonds. The van der Waals surface area contributed by atoms with E-state index < -0.39 is 0 Å². The minimum absolute atomic E-state index is 0.693. The van der Waals surface area contributed by atoms with Crippen molar-refractivity contribution in [3.05, 3.63) is 12.4 Å². The van der Waals surface area contributed by atoms with Gasteiger partial charge < -0.3 is 21.3 Å². The zero-order valence-corrected chi connectivity index (χ0v) is 11.6. The molecule has 1 unspecified atom stereocenters. The lowest BCUT2D eigenvalue weighted by Crippen LogP contribution is -2.19. The summed E-state index contributed by atoms with van der Waals surface area (Å²) in [5, 5.41) is 6.64. The lowest BCUT2D eigenvalue weighted by atomic mass is 10.1. The maximum Gasteiger partial charge on any atom is 0.131 e. The quantitative estimate of drug-likeness (QED) is 0.626. The summed E-state index contributed by atoms with van der Waals surface area (Å²) in [6, 6.07) is 1.95. The number of hydrogen-bond donors (Lipinski definition) is 3. The van der Waals surface area contributed by atoms with Gasteiger partial charge in [-0.2, -0.15) is 0 Å². The third kappa shape index (κ3) is 4.65. The number of rotatable bonds is 7. The SMILES string of the molecule is CN1CCC(CNc2cc(NCCCN)ncn2)C1. The van der Waals surface area contributed by atoms with Gasteiger partial charge in [0, 0.05) is 25.7 Å². The molecule has 1 atom stereocenters. The second-order valence-electron chi connectivity index (χ2n) is 5.16. The Hall–Kier alpha value is -1.40. The second kappa shape index (κ2) is 7.25. The Labute approximate surface area is 114 Å². The van der Waals surface area contributed by atoms with Crippen LogP contribution in [0.5, 0.6) is 0 Å². The van der Waals surface area contributed by atoms with Crippen LogP contribution >= 0.6 is 0 Å². The van der Waals surface area contributed by atoms with Gasteiger partial charge in [0.25, 0.3) is 0 Å². The van der Waals surface area contributed by atoms with E-state index in [1.54, 1.807) is 6.33 Å². The molecule has 0 bridgehead atoms. The molecular weight excluding hydrogens is 240 g/mol. The number of aromatic nitrogens is 2. The number of hydrogen-bond acceptors (Lipinski definition) is 6. The molecule has 0 aromatic carbocycles. The molecular formula is C13H24N6. The highest BCUT2D eigenvalue weighted by Gasteiger charge is 2.18. The summed E-state index contributed by atoms with van der Waals surface area (Å²) in [7, 11) is 2.17. The first-order chi connectivity index (χ1) is 9.28. The van der Waals surface area contributed by atoms with Crippen LogP contribution in [0.1, 0.15) is 12.8 Å².